The quantitative estimate of drug-likeness (QED) is 0.865. The Labute approximate surface area is 104 Å². The Balaban J connectivity index is 2.22. The highest BCUT2D eigenvalue weighted by molar-refractivity contribution is 6.06. The molecule has 1 amide bonds. The van der Waals surface area contributed by atoms with Crippen LogP contribution in [0.25, 0.3) is 10.9 Å². The van der Waals surface area contributed by atoms with Crippen LogP contribution in [0.5, 0.6) is 0 Å². The SMILES string of the molecule is NC(=O)c1cc(N2CCC=N2)nc2ccccc12. The van der Waals surface area contributed by atoms with Crippen LogP contribution in [0.2, 0.25) is 0 Å². The van der Waals surface area contributed by atoms with Gasteiger partial charge in [-0.2, -0.15) is 5.10 Å². The van der Waals surface area contributed by atoms with Crippen LogP contribution in [-0.2, 0) is 0 Å². The molecule has 1 aromatic carbocycles. The lowest BCUT2D eigenvalue weighted by Gasteiger charge is -2.14. The molecule has 2 heterocycles. The number of rotatable bonds is 2. The van der Waals surface area contributed by atoms with Crippen LogP contribution in [-0.4, -0.2) is 23.7 Å². The summed E-state index contributed by atoms with van der Waals surface area (Å²) in [5.41, 5.74) is 6.66. The summed E-state index contributed by atoms with van der Waals surface area (Å²) in [6.07, 6.45) is 2.72. The number of hydrogen-bond acceptors (Lipinski definition) is 4. The summed E-state index contributed by atoms with van der Waals surface area (Å²) >= 11 is 0. The van der Waals surface area contributed by atoms with Crippen molar-refractivity contribution in [3.05, 3.63) is 35.9 Å². The Hall–Kier alpha value is -2.43. The smallest absolute Gasteiger partial charge is 0.249 e. The summed E-state index contributed by atoms with van der Waals surface area (Å²) in [6.45, 7) is 0.781. The fraction of sp³-hybridized carbons (Fsp3) is 0.154. The molecule has 1 aliphatic rings. The number of amides is 1. The molecule has 2 aromatic rings. The van der Waals surface area contributed by atoms with Crippen molar-refractivity contribution in [1.29, 1.82) is 0 Å². The van der Waals surface area contributed by atoms with E-state index in [0.29, 0.717) is 11.4 Å². The first-order valence-electron chi connectivity index (χ1n) is 5.75. The first kappa shape index (κ1) is 10.7. The third-order valence-electron chi connectivity index (χ3n) is 2.92. The van der Waals surface area contributed by atoms with Gasteiger partial charge in [-0.1, -0.05) is 18.2 Å². The molecule has 3 rings (SSSR count). The molecule has 5 nitrogen and oxygen atoms in total. The Morgan fingerprint density at radius 2 is 2.17 bits per heavy atom. The molecule has 0 unspecified atom stereocenters. The highest BCUT2D eigenvalue weighted by atomic mass is 16.1. The first-order chi connectivity index (χ1) is 8.75. The lowest BCUT2D eigenvalue weighted by molar-refractivity contribution is 0.100. The zero-order valence-electron chi connectivity index (χ0n) is 9.71. The average Bonchev–Trinajstić information content (AvgIpc) is 2.91. The van der Waals surface area contributed by atoms with E-state index < -0.39 is 5.91 Å². The van der Waals surface area contributed by atoms with E-state index >= 15 is 0 Å². The van der Waals surface area contributed by atoms with Crippen LogP contribution in [0.1, 0.15) is 16.8 Å². The molecule has 18 heavy (non-hydrogen) atoms. The van der Waals surface area contributed by atoms with Gasteiger partial charge in [0.25, 0.3) is 0 Å². The Bertz CT molecular complexity index is 650. The van der Waals surface area contributed by atoms with Crippen LogP contribution < -0.4 is 10.7 Å². The number of benzene rings is 1. The fourth-order valence-corrected chi connectivity index (χ4v) is 2.07. The van der Waals surface area contributed by atoms with Crippen molar-refractivity contribution < 1.29 is 4.79 Å². The number of primary amides is 1. The van der Waals surface area contributed by atoms with Crippen molar-refractivity contribution >= 4 is 28.8 Å². The Kier molecular flexibility index (Phi) is 2.44. The van der Waals surface area contributed by atoms with E-state index in [1.165, 1.54) is 0 Å². The second kappa shape index (κ2) is 4.10. The van der Waals surface area contributed by atoms with E-state index in [1.54, 1.807) is 11.1 Å². The molecule has 5 heteroatoms. The number of hydrazone groups is 1. The maximum absolute atomic E-state index is 11.5. The van der Waals surface area contributed by atoms with Gasteiger partial charge in [-0.15, -0.1) is 0 Å². The first-order valence-corrected chi connectivity index (χ1v) is 5.75. The summed E-state index contributed by atoms with van der Waals surface area (Å²) in [7, 11) is 0. The zero-order valence-corrected chi connectivity index (χ0v) is 9.71. The standard InChI is InChI=1S/C13H12N4O/c14-13(18)10-8-12(17-7-3-6-15-17)16-11-5-2-1-4-9(10)11/h1-2,4-6,8H,3,7H2,(H2,14,18). The number of nitrogens with zero attached hydrogens (tertiary/aromatic N) is 3. The minimum Gasteiger partial charge on any atom is -0.366 e. The largest absolute Gasteiger partial charge is 0.366 e. The molecule has 0 saturated carbocycles. The van der Waals surface area contributed by atoms with Crippen molar-refractivity contribution in [2.75, 3.05) is 11.6 Å². The van der Waals surface area contributed by atoms with Crippen molar-refractivity contribution in [3.63, 3.8) is 0 Å². The van der Waals surface area contributed by atoms with Gasteiger partial charge in [0.15, 0.2) is 0 Å². The average molecular weight is 240 g/mol. The lowest BCUT2D eigenvalue weighted by Crippen LogP contribution is -2.17. The van der Waals surface area contributed by atoms with Crippen LogP contribution in [0, 0.1) is 0 Å². The molecule has 0 fully saturated rings. The third-order valence-corrected chi connectivity index (χ3v) is 2.92. The van der Waals surface area contributed by atoms with E-state index in [9.17, 15) is 4.79 Å². The van der Waals surface area contributed by atoms with Gasteiger partial charge in [0.2, 0.25) is 5.91 Å². The maximum Gasteiger partial charge on any atom is 0.249 e. The van der Waals surface area contributed by atoms with Crippen LogP contribution >= 0.6 is 0 Å². The highest BCUT2D eigenvalue weighted by Crippen LogP contribution is 2.23. The van der Waals surface area contributed by atoms with Gasteiger partial charge in [0, 0.05) is 24.6 Å². The maximum atomic E-state index is 11.5. The number of aromatic nitrogens is 1. The van der Waals surface area contributed by atoms with Crippen LogP contribution in [0.4, 0.5) is 5.82 Å². The number of pyridine rings is 1. The third kappa shape index (κ3) is 1.69. The number of carbonyl (C=O) groups is 1. The fourth-order valence-electron chi connectivity index (χ4n) is 2.07. The van der Waals surface area contributed by atoms with Gasteiger partial charge in [-0.25, -0.2) is 9.99 Å². The van der Waals surface area contributed by atoms with E-state index in [0.717, 1.165) is 23.9 Å². The summed E-state index contributed by atoms with van der Waals surface area (Å²) in [6, 6.07) is 9.17. The molecule has 0 aliphatic carbocycles. The van der Waals surface area contributed by atoms with E-state index in [2.05, 4.69) is 10.1 Å². The summed E-state index contributed by atoms with van der Waals surface area (Å²) in [5, 5.41) is 6.76. The van der Waals surface area contributed by atoms with Crippen molar-refractivity contribution in [2.45, 2.75) is 6.42 Å². The lowest BCUT2D eigenvalue weighted by atomic mass is 10.1. The molecular formula is C13H12N4O. The van der Waals surface area contributed by atoms with E-state index in [-0.39, 0.29) is 0 Å². The normalized spacial score (nSPS) is 14.3. The van der Waals surface area contributed by atoms with Crippen molar-refractivity contribution in [1.82, 2.24) is 4.98 Å². The van der Waals surface area contributed by atoms with Crippen molar-refractivity contribution in [2.24, 2.45) is 10.8 Å². The second-order valence-corrected chi connectivity index (χ2v) is 4.12. The number of carbonyl (C=O) groups excluding carboxylic acids is 1. The molecular weight excluding hydrogens is 228 g/mol. The Morgan fingerprint density at radius 3 is 2.89 bits per heavy atom. The van der Waals surface area contributed by atoms with Crippen LogP contribution in [0.3, 0.4) is 0 Å². The van der Waals surface area contributed by atoms with Crippen LogP contribution in [0.15, 0.2) is 35.4 Å². The molecule has 2 N–H and O–H groups in total. The van der Waals surface area contributed by atoms with Gasteiger partial charge >= 0.3 is 0 Å². The van der Waals surface area contributed by atoms with Gasteiger partial charge in [0.1, 0.15) is 5.82 Å². The summed E-state index contributed by atoms with van der Waals surface area (Å²) in [5.74, 6) is 0.217. The van der Waals surface area contributed by atoms with Gasteiger partial charge in [-0.05, 0) is 12.1 Å². The number of anilines is 1. The number of para-hydroxylation sites is 1. The van der Waals surface area contributed by atoms with E-state index in [4.69, 9.17) is 5.73 Å². The molecule has 0 atom stereocenters. The molecule has 0 saturated heterocycles. The number of nitrogens with two attached hydrogens (primary N) is 1. The van der Waals surface area contributed by atoms with Gasteiger partial charge in [-0.3, -0.25) is 4.79 Å². The zero-order chi connectivity index (χ0) is 12.5. The molecule has 0 spiro atoms. The number of fused-ring (bicyclic) bond motifs is 1. The molecule has 0 bridgehead atoms. The second-order valence-electron chi connectivity index (χ2n) is 4.12. The summed E-state index contributed by atoms with van der Waals surface area (Å²) < 4.78 is 0. The minimum atomic E-state index is -0.446. The highest BCUT2D eigenvalue weighted by Gasteiger charge is 2.15. The summed E-state index contributed by atoms with van der Waals surface area (Å²) in [4.78, 5) is 16.0. The predicted molar refractivity (Wildman–Crippen MR) is 70.7 cm³/mol. The molecule has 90 valence electrons. The minimum absolute atomic E-state index is 0.446. The van der Waals surface area contributed by atoms with Crippen molar-refractivity contribution in [3.8, 4) is 0 Å². The predicted octanol–water partition coefficient (Wildman–Crippen LogP) is 1.53. The molecule has 1 aliphatic heterocycles. The molecule has 1 aromatic heterocycles. The topological polar surface area (TPSA) is 71.6 Å². The monoisotopic (exact) mass is 240 g/mol. The van der Waals surface area contributed by atoms with E-state index in [1.807, 2.05) is 30.5 Å². The van der Waals surface area contributed by atoms with Gasteiger partial charge in [0.05, 0.1) is 11.1 Å². The van der Waals surface area contributed by atoms with Gasteiger partial charge < -0.3 is 5.73 Å². The number of hydrogen-bond donors (Lipinski definition) is 1. The molecule has 0 radical (unpaired) electrons. The Morgan fingerprint density at radius 1 is 1.33 bits per heavy atom.